The normalized spacial score (nSPS) is 7.26. The van der Waals surface area contributed by atoms with Gasteiger partial charge in [-0.15, -0.1) is 0 Å². The molecule has 19 heavy (non-hydrogen) atoms. The Balaban J connectivity index is -0.0000000865. The van der Waals surface area contributed by atoms with Crippen molar-refractivity contribution in [3.8, 4) is 0 Å². The molecule has 0 aromatic rings. The average Bonchev–Trinajstić information content (AvgIpc) is 2.18. The molecule has 0 spiro atoms. The summed E-state index contributed by atoms with van der Waals surface area (Å²) >= 11 is 0. The summed E-state index contributed by atoms with van der Waals surface area (Å²) in [6.07, 6.45) is -3.47. The van der Waals surface area contributed by atoms with E-state index in [1.54, 1.807) is 0 Å². The Bertz CT molecular complexity index is 228. The van der Waals surface area contributed by atoms with Gasteiger partial charge in [0.05, 0.1) is 0 Å². The Labute approximate surface area is 122 Å². The summed E-state index contributed by atoms with van der Waals surface area (Å²) in [5.41, 5.74) is 0. The summed E-state index contributed by atoms with van der Waals surface area (Å²) < 4.78 is 0. The number of carbonyl (C=O) groups is 3. The Morgan fingerprint density at radius 2 is 0.632 bits per heavy atom. The van der Waals surface area contributed by atoms with E-state index in [-0.39, 0.29) is 16.8 Å². The molecule has 0 aromatic carbocycles. The zero-order chi connectivity index (χ0) is 15.5. The van der Waals surface area contributed by atoms with Crippen LogP contribution in [0, 0.1) is 0 Å². The first-order valence-electron chi connectivity index (χ1n) is 4.58. The SMILES string of the molecule is CN(C)C(=O)[O-].CN(C)C(=O)[O-].CN(C)C(=O)[O-].[Co+3]. The van der Waals surface area contributed by atoms with Gasteiger partial charge >= 0.3 is 16.8 Å². The minimum absolute atomic E-state index is 0. The quantitative estimate of drug-likeness (QED) is 0.458. The van der Waals surface area contributed by atoms with Crippen LogP contribution in [0.25, 0.3) is 0 Å². The van der Waals surface area contributed by atoms with E-state index in [0.717, 1.165) is 14.7 Å². The Kier molecular flexibility index (Phi) is 19.7. The maximum absolute atomic E-state index is 9.51. The summed E-state index contributed by atoms with van der Waals surface area (Å²) in [7, 11) is 8.47. The molecule has 114 valence electrons. The number of nitrogens with zero attached hydrogens (tertiary/aromatic N) is 3. The summed E-state index contributed by atoms with van der Waals surface area (Å²) in [5, 5.41) is 28.5. The molecule has 0 radical (unpaired) electrons. The van der Waals surface area contributed by atoms with Crippen molar-refractivity contribution in [1.82, 2.24) is 14.7 Å². The fraction of sp³-hybridized carbons (Fsp3) is 0.667. The van der Waals surface area contributed by atoms with E-state index in [2.05, 4.69) is 0 Å². The van der Waals surface area contributed by atoms with Crippen LogP contribution in [0.4, 0.5) is 14.4 Å². The van der Waals surface area contributed by atoms with E-state index >= 15 is 0 Å². The van der Waals surface area contributed by atoms with Crippen LogP contribution < -0.4 is 15.3 Å². The van der Waals surface area contributed by atoms with Crippen molar-refractivity contribution in [3.05, 3.63) is 0 Å². The van der Waals surface area contributed by atoms with Gasteiger partial charge in [-0.2, -0.15) is 0 Å². The van der Waals surface area contributed by atoms with Crippen molar-refractivity contribution in [2.24, 2.45) is 0 Å². The number of rotatable bonds is 0. The molecular weight excluding hydrogens is 305 g/mol. The van der Waals surface area contributed by atoms with Crippen LogP contribution in [0.15, 0.2) is 0 Å². The van der Waals surface area contributed by atoms with Crippen LogP contribution in [0.5, 0.6) is 0 Å². The number of carbonyl (C=O) groups excluding carboxylic acids is 3. The number of hydrogen-bond donors (Lipinski definition) is 0. The summed E-state index contributed by atoms with van der Waals surface area (Å²) in [5.74, 6) is 0. The second-order valence-electron chi connectivity index (χ2n) is 3.48. The number of amides is 3. The van der Waals surface area contributed by atoms with E-state index in [1.165, 1.54) is 42.3 Å². The molecule has 0 saturated carbocycles. The van der Waals surface area contributed by atoms with Crippen LogP contribution in [-0.2, 0) is 16.8 Å². The molecule has 10 heteroatoms. The van der Waals surface area contributed by atoms with E-state index in [1.807, 2.05) is 0 Å². The largest absolute Gasteiger partial charge is 3.00 e. The third-order valence-electron chi connectivity index (χ3n) is 1.10. The van der Waals surface area contributed by atoms with E-state index < -0.39 is 18.3 Å². The first kappa shape index (κ1) is 26.0. The van der Waals surface area contributed by atoms with Crippen molar-refractivity contribution >= 4 is 18.3 Å². The van der Waals surface area contributed by atoms with Crippen LogP contribution in [-0.4, -0.2) is 75.3 Å². The van der Waals surface area contributed by atoms with Crippen molar-refractivity contribution in [2.75, 3.05) is 42.3 Å². The van der Waals surface area contributed by atoms with Crippen molar-refractivity contribution < 1.29 is 46.5 Å². The molecule has 0 aliphatic heterocycles. The molecule has 0 heterocycles. The van der Waals surface area contributed by atoms with Gasteiger partial charge in [0.2, 0.25) is 0 Å². The summed E-state index contributed by atoms with van der Waals surface area (Å²) in [6.45, 7) is 0. The van der Waals surface area contributed by atoms with Crippen molar-refractivity contribution in [2.45, 2.75) is 0 Å². The predicted molar refractivity (Wildman–Crippen MR) is 57.2 cm³/mol. The van der Waals surface area contributed by atoms with Gasteiger partial charge in [-0.05, 0) is 0 Å². The van der Waals surface area contributed by atoms with Gasteiger partial charge in [-0.25, -0.2) is 0 Å². The maximum atomic E-state index is 9.51. The molecule has 0 atom stereocenters. The molecule has 0 fully saturated rings. The van der Waals surface area contributed by atoms with Crippen molar-refractivity contribution in [1.29, 1.82) is 0 Å². The van der Waals surface area contributed by atoms with Gasteiger partial charge < -0.3 is 44.4 Å². The van der Waals surface area contributed by atoms with Crippen LogP contribution >= 0.6 is 0 Å². The molecule has 0 aliphatic carbocycles. The molecular formula is C9H18CoN3O6. The standard InChI is InChI=1S/3C3H7NO2.Co/c3*1-4(2)3(5)6;/h3*1-2H3,(H,5,6);/q;;;+3/p-3. The second kappa shape index (κ2) is 14.4. The Morgan fingerprint density at radius 3 is 0.632 bits per heavy atom. The van der Waals surface area contributed by atoms with Gasteiger partial charge in [0.15, 0.2) is 0 Å². The fourth-order valence-electron chi connectivity index (χ4n) is 0. The van der Waals surface area contributed by atoms with Gasteiger partial charge in [-0.1, -0.05) is 0 Å². The van der Waals surface area contributed by atoms with Gasteiger partial charge in [0.25, 0.3) is 0 Å². The van der Waals surface area contributed by atoms with Gasteiger partial charge in [0, 0.05) is 42.3 Å². The molecule has 0 aromatic heterocycles. The first-order chi connectivity index (χ1) is 7.93. The Morgan fingerprint density at radius 1 is 0.579 bits per heavy atom. The van der Waals surface area contributed by atoms with Gasteiger partial charge in [0.1, 0.15) is 18.3 Å². The zero-order valence-corrected chi connectivity index (χ0v) is 12.7. The Hall–Kier alpha value is -1.68. The second-order valence-corrected chi connectivity index (χ2v) is 3.48. The summed E-state index contributed by atoms with van der Waals surface area (Å²) in [6, 6.07) is 0. The molecule has 3 amide bonds. The molecule has 0 unspecified atom stereocenters. The van der Waals surface area contributed by atoms with Gasteiger partial charge in [-0.3, -0.25) is 0 Å². The molecule has 0 N–H and O–H groups in total. The molecule has 0 aliphatic rings. The van der Waals surface area contributed by atoms with E-state index in [0.29, 0.717) is 0 Å². The smallest absolute Gasteiger partial charge is 0.530 e. The third-order valence-corrected chi connectivity index (χ3v) is 1.10. The predicted octanol–water partition coefficient (Wildman–Crippen LogP) is -3.33. The number of carboxylic acid groups (broad SMARTS) is 3. The van der Waals surface area contributed by atoms with Crippen LogP contribution in [0.1, 0.15) is 0 Å². The molecule has 9 nitrogen and oxygen atoms in total. The average molecular weight is 323 g/mol. The number of hydrogen-bond acceptors (Lipinski definition) is 6. The maximum Gasteiger partial charge on any atom is 3.00 e. The first-order valence-corrected chi connectivity index (χ1v) is 4.58. The summed E-state index contributed by atoms with van der Waals surface area (Å²) in [4.78, 5) is 31.5. The minimum Gasteiger partial charge on any atom is -0.530 e. The van der Waals surface area contributed by atoms with E-state index in [4.69, 9.17) is 0 Å². The third kappa shape index (κ3) is 31.4. The van der Waals surface area contributed by atoms with Crippen LogP contribution in [0.3, 0.4) is 0 Å². The topological polar surface area (TPSA) is 130 Å². The molecule has 0 bridgehead atoms. The monoisotopic (exact) mass is 323 g/mol. The van der Waals surface area contributed by atoms with Crippen molar-refractivity contribution in [3.63, 3.8) is 0 Å². The molecule has 0 saturated heterocycles. The minimum atomic E-state index is -1.16. The fourth-order valence-corrected chi connectivity index (χ4v) is 0. The van der Waals surface area contributed by atoms with Crippen LogP contribution in [0.2, 0.25) is 0 Å². The molecule has 0 rings (SSSR count). The van der Waals surface area contributed by atoms with E-state index in [9.17, 15) is 29.7 Å². The zero-order valence-electron chi connectivity index (χ0n) is 11.6.